The molecule has 0 saturated heterocycles. The summed E-state index contributed by atoms with van der Waals surface area (Å²) in [4.78, 5) is 3.95. The molecular formula is C16H23N3O. The maximum atomic E-state index is 11.2. The van der Waals surface area contributed by atoms with Crippen molar-refractivity contribution in [2.24, 2.45) is 5.41 Å². The molecule has 1 aromatic heterocycles. The Kier molecular flexibility index (Phi) is 3.95. The second kappa shape index (κ2) is 5.37. The molecule has 2 rings (SSSR count). The molecule has 1 heterocycles. The van der Waals surface area contributed by atoms with Crippen LogP contribution in [0.4, 0.5) is 0 Å². The van der Waals surface area contributed by atoms with Crippen molar-refractivity contribution in [2.75, 3.05) is 0 Å². The van der Waals surface area contributed by atoms with E-state index in [4.69, 9.17) is 0 Å². The molecule has 0 spiro atoms. The first-order chi connectivity index (χ1) is 9.30. The first-order valence-electron chi connectivity index (χ1n) is 6.90. The zero-order valence-electron chi connectivity index (χ0n) is 12.7. The highest BCUT2D eigenvalue weighted by Gasteiger charge is 2.40. The van der Waals surface area contributed by atoms with Crippen molar-refractivity contribution in [3.8, 4) is 0 Å². The molecule has 0 aliphatic carbocycles. The number of benzene rings is 1. The summed E-state index contributed by atoms with van der Waals surface area (Å²) < 4.78 is 1.69. The topological polar surface area (TPSA) is 50.9 Å². The van der Waals surface area contributed by atoms with Crippen LogP contribution in [0.15, 0.2) is 36.9 Å². The number of aromatic nitrogens is 3. The first kappa shape index (κ1) is 14.7. The minimum atomic E-state index is -0.879. The molecule has 0 aliphatic rings. The average molecular weight is 273 g/mol. The molecule has 1 aromatic carbocycles. The molecule has 4 heteroatoms. The molecule has 20 heavy (non-hydrogen) atoms. The molecule has 0 amide bonds. The predicted molar refractivity (Wildman–Crippen MR) is 79.3 cm³/mol. The van der Waals surface area contributed by atoms with Gasteiger partial charge in [0, 0.05) is 6.42 Å². The molecule has 1 unspecified atom stereocenters. The van der Waals surface area contributed by atoms with Crippen molar-refractivity contribution in [1.29, 1.82) is 0 Å². The van der Waals surface area contributed by atoms with Gasteiger partial charge >= 0.3 is 0 Å². The SMILES string of the molecule is Cc1ccc(CC(O)(Cn2cncn2)C(C)(C)C)cc1. The summed E-state index contributed by atoms with van der Waals surface area (Å²) in [6, 6.07) is 8.31. The van der Waals surface area contributed by atoms with Gasteiger partial charge in [-0.3, -0.25) is 4.68 Å². The van der Waals surface area contributed by atoms with Gasteiger partial charge in [-0.1, -0.05) is 50.6 Å². The summed E-state index contributed by atoms with van der Waals surface area (Å²) in [6.45, 7) is 8.66. The molecule has 2 aromatic rings. The Bertz CT molecular complexity index is 540. The van der Waals surface area contributed by atoms with Crippen LogP contribution in [0.25, 0.3) is 0 Å². The van der Waals surface area contributed by atoms with Gasteiger partial charge in [0.25, 0.3) is 0 Å². The molecule has 0 aliphatic heterocycles. The van der Waals surface area contributed by atoms with Crippen LogP contribution < -0.4 is 0 Å². The highest BCUT2D eigenvalue weighted by atomic mass is 16.3. The summed E-state index contributed by atoms with van der Waals surface area (Å²) in [5, 5.41) is 15.3. The second-order valence-corrected chi connectivity index (χ2v) is 6.54. The Morgan fingerprint density at radius 3 is 2.30 bits per heavy atom. The van der Waals surface area contributed by atoms with E-state index in [1.807, 2.05) is 0 Å². The molecule has 108 valence electrons. The number of nitrogens with zero attached hydrogens (tertiary/aromatic N) is 3. The smallest absolute Gasteiger partial charge is 0.137 e. The van der Waals surface area contributed by atoms with Gasteiger partial charge in [0.1, 0.15) is 12.7 Å². The van der Waals surface area contributed by atoms with Crippen LogP contribution >= 0.6 is 0 Å². The van der Waals surface area contributed by atoms with E-state index >= 15 is 0 Å². The molecular weight excluding hydrogens is 250 g/mol. The zero-order chi connectivity index (χ0) is 14.8. The first-order valence-corrected chi connectivity index (χ1v) is 6.90. The van der Waals surface area contributed by atoms with Gasteiger partial charge in [-0.25, -0.2) is 4.98 Å². The lowest BCUT2D eigenvalue weighted by molar-refractivity contribution is -0.0730. The van der Waals surface area contributed by atoms with Crippen molar-refractivity contribution in [3.05, 3.63) is 48.0 Å². The number of aryl methyl sites for hydroxylation is 1. The van der Waals surface area contributed by atoms with Gasteiger partial charge in [-0.05, 0) is 17.9 Å². The third-order valence-corrected chi connectivity index (χ3v) is 3.90. The minimum Gasteiger partial charge on any atom is -0.387 e. The van der Waals surface area contributed by atoms with E-state index in [0.717, 1.165) is 5.56 Å². The summed E-state index contributed by atoms with van der Waals surface area (Å²) in [5.74, 6) is 0. The Morgan fingerprint density at radius 2 is 1.80 bits per heavy atom. The van der Waals surface area contributed by atoms with E-state index in [1.165, 1.54) is 11.9 Å². The number of hydrogen-bond donors (Lipinski definition) is 1. The largest absolute Gasteiger partial charge is 0.387 e. The van der Waals surface area contributed by atoms with Crippen LogP contribution in [0, 0.1) is 12.3 Å². The normalized spacial score (nSPS) is 15.1. The maximum Gasteiger partial charge on any atom is 0.137 e. The van der Waals surface area contributed by atoms with E-state index in [1.54, 1.807) is 11.0 Å². The fraction of sp³-hybridized carbons (Fsp3) is 0.500. The third-order valence-electron chi connectivity index (χ3n) is 3.90. The van der Waals surface area contributed by atoms with Crippen LogP contribution in [0.3, 0.4) is 0 Å². The highest BCUT2D eigenvalue weighted by Crippen LogP contribution is 2.34. The standard InChI is InChI=1S/C16H23N3O/c1-13-5-7-14(8-6-13)9-16(20,15(2,3)4)10-19-12-17-11-18-19/h5-8,11-12,20H,9-10H2,1-4H3. The summed E-state index contributed by atoms with van der Waals surface area (Å²) in [7, 11) is 0. The Morgan fingerprint density at radius 1 is 1.15 bits per heavy atom. The summed E-state index contributed by atoms with van der Waals surface area (Å²) in [6.07, 6.45) is 3.73. The van der Waals surface area contributed by atoms with Crippen molar-refractivity contribution in [2.45, 2.75) is 46.3 Å². The monoisotopic (exact) mass is 273 g/mol. The Hall–Kier alpha value is -1.68. The van der Waals surface area contributed by atoms with Crippen molar-refractivity contribution in [3.63, 3.8) is 0 Å². The number of rotatable bonds is 4. The van der Waals surface area contributed by atoms with Crippen LogP contribution in [0.5, 0.6) is 0 Å². The third kappa shape index (κ3) is 3.25. The highest BCUT2D eigenvalue weighted by molar-refractivity contribution is 5.23. The van der Waals surface area contributed by atoms with Crippen molar-refractivity contribution < 1.29 is 5.11 Å². The second-order valence-electron chi connectivity index (χ2n) is 6.54. The molecule has 0 radical (unpaired) electrons. The molecule has 0 fully saturated rings. The van der Waals surface area contributed by atoms with E-state index in [2.05, 4.69) is 62.0 Å². The van der Waals surface area contributed by atoms with E-state index < -0.39 is 5.60 Å². The molecule has 4 nitrogen and oxygen atoms in total. The molecule has 0 bridgehead atoms. The van der Waals surface area contributed by atoms with Crippen molar-refractivity contribution >= 4 is 0 Å². The van der Waals surface area contributed by atoms with E-state index in [0.29, 0.717) is 13.0 Å². The van der Waals surface area contributed by atoms with Crippen LogP contribution in [-0.4, -0.2) is 25.5 Å². The summed E-state index contributed by atoms with van der Waals surface area (Å²) >= 11 is 0. The molecule has 1 atom stereocenters. The van der Waals surface area contributed by atoms with Gasteiger partial charge in [0.2, 0.25) is 0 Å². The van der Waals surface area contributed by atoms with Gasteiger partial charge < -0.3 is 5.11 Å². The van der Waals surface area contributed by atoms with Gasteiger partial charge in [-0.15, -0.1) is 0 Å². The van der Waals surface area contributed by atoms with E-state index in [-0.39, 0.29) is 5.41 Å². The Balaban J connectivity index is 2.25. The lowest BCUT2D eigenvalue weighted by Gasteiger charge is -2.40. The lowest BCUT2D eigenvalue weighted by atomic mass is 9.73. The zero-order valence-corrected chi connectivity index (χ0v) is 12.7. The number of hydrogen-bond acceptors (Lipinski definition) is 3. The quantitative estimate of drug-likeness (QED) is 0.931. The molecule has 0 saturated carbocycles. The van der Waals surface area contributed by atoms with Crippen LogP contribution in [0.1, 0.15) is 31.9 Å². The lowest BCUT2D eigenvalue weighted by Crippen LogP contribution is -2.48. The molecule has 1 N–H and O–H groups in total. The van der Waals surface area contributed by atoms with E-state index in [9.17, 15) is 5.11 Å². The van der Waals surface area contributed by atoms with Crippen molar-refractivity contribution in [1.82, 2.24) is 14.8 Å². The summed E-state index contributed by atoms with van der Waals surface area (Å²) in [5.41, 5.74) is 1.22. The van der Waals surface area contributed by atoms with Gasteiger partial charge in [0.15, 0.2) is 0 Å². The Labute approximate surface area is 120 Å². The number of aliphatic hydroxyl groups is 1. The average Bonchev–Trinajstić information content (AvgIpc) is 2.83. The van der Waals surface area contributed by atoms with Crippen LogP contribution in [-0.2, 0) is 13.0 Å². The van der Waals surface area contributed by atoms with Gasteiger partial charge in [0.05, 0.1) is 12.1 Å². The minimum absolute atomic E-state index is 0.260. The fourth-order valence-corrected chi connectivity index (χ4v) is 2.18. The van der Waals surface area contributed by atoms with Crippen LogP contribution in [0.2, 0.25) is 0 Å². The predicted octanol–water partition coefficient (Wildman–Crippen LogP) is 2.61. The fourth-order valence-electron chi connectivity index (χ4n) is 2.18. The maximum absolute atomic E-state index is 11.2. The van der Waals surface area contributed by atoms with Gasteiger partial charge in [-0.2, -0.15) is 5.10 Å².